The van der Waals surface area contributed by atoms with E-state index in [0.29, 0.717) is 0 Å². The van der Waals surface area contributed by atoms with Crippen LogP contribution in [0.5, 0.6) is 0 Å². The Labute approximate surface area is 395 Å². The van der Waals surface area contributed by atoms with E-state index >= 15 is 0 Å². The minimum atomic E-state index is -0.541. The summed E-state index contributed by atoms with van der Waals surface area (Å²) in [6.07, 6.45) is 0. The van der Waals surface area contributed by atoms with E-state index < -0.39 is 5.41 Å². The summed E-state index contributed by atoms with van der Waals surface area (Å²) in [7, 11) is 0. The van der Waals surface area contributed by atoms with Gasteiger partial charge in [0.15, 0.2) is 0 Å². The molecular formula is C65H43N3. The van der Waals surface area contributed by atoms with E-state index in [1.54, 1.807) is 0 Å². The highest BCUT2D eigenvalue weighted by molar-refractivity contribution is 6.10. The van der Waals surface area contributed by atoms with Crippen molar-refractivity contribution in [1.82, 2.24) is 4.57 Å². The van der Waals surface area contributed by atoms with E-state index in [9.17, 15) is 0 Å². The summed E-state index contributed by atoms with van der Waals surface area (Å²) in [6.45, 7) is 0. The fraction of sp³-hybridized carbons (Fsp3) is 0.0154. The van der Waals surface area contributed by atoms with Crippen LogP contribution in [-0.4, -0.2) is 4.57 Å². The smallest absolute Gasteiger partial charge is 0.0726 e. The van der Waals surface area contributed by atoms with Gasteiger partial charge in [-0.3, -0.25) is 0 Å². The molecule has 3 nitrogen and oxygen atoms in total. The molecule has 1 unspecified atom stereocenters. The molecule has 0 saturated heterocycles. The first-order valence-electron chi connectivity index (χ1n) is 23.5. The summed E-state index contributed by atoms with van der Waals surface area (Å²) in [5.74, 6) is 0. The van der Waals surface area contributed by atoms with Gasteiger partial charge >= 0.3 is 0 Å². The monoisotopic (exact) mass is 865 g/mol. The second-order valence-corrected chi connectivity index (χ2v) is 18.0. The third-order valence-corrected chi connectivity index (χ3v) is 14.5. The molecule has 0 bridgehead atoms. The van der Waals surface area contributed by atoms with Gasteiger partial charge in [0.2, 0.25) is 0 Å². The number of hydrogen-bond donors (Lipinski definition) is 0. The molecule has 0 fully saturated rings. The van der Waals surface area contributed by atoms with E-state index in [0.717, 1.165) is 39.8 Å². The van der Waals surface area contributed by atoms with Crippen molar-refractivity contribution in [3.63, 3.8) is 0 Å². The molecule has 3 heteroatoms. The molecule has 0 saturated carbocycles. The highest BCUT2D eigenvalue weighted by Gasteiger charge is 2.52. The Bertz CT molecular complexity index is 3920. The van der Waals surface area contributed by atoms with Crippen molar-refractivity contribution >= 4 is 66.7 Å². The molecule has 1 aromatic heterocycles. The lowest BCUT2D eigenvalue weighted by atomic mass is 9.70. The summed E-state index contributed by atoms with van der Waals surface area (Å²) in [4.78, 5) is 4.87. The van der Waals surface area contributed by atoms with E-state index in [2.05, 4.69) is 275 Å². The first-order chi connectivity index (χ1) is 33.8. The Morgan fingerprint density at radius 1 is 0.279 bits per heavy atom. The minimum Gasteiger partial charge on any atom is -0.310 e. The van der Waals surface area contributed by atoms with Crippen molar-refractivity contribution in [3.05, 3.63) is 283 Å². The lowest BCUT2D eigenvalue weighted by molar-refractivity contribution is 0.793. The molecule has 0 amide bonds. The van der Waals surface area contributed by atoms with Gasteiger partial charge in [0.05, 0.1) is 22.1 Å². The Hall–Kier alpha value is -8.92. The van der Waals surface area contributed by atoms with Crippen molar-refractivity contribution in [2.45, 2.75) is 5.41 Å². The van der Waals surface area contributed by atoms with Crippen LogP contribution in [0.25, 0.3) is 60.5 Å². The lowest BCUT2D eigenvalue weighted by Gasteiger charge is -2.33. The third-order valence-electron chi connectivity index (χ3n) is 14.5. The first-order valence-corrected chi connectivity index (χ1v) is 23.5. The molecule has 14 rings (SSSR count). The second-order valence-electron chi connectivity index (χ2n) is 18.0. The van der Waals surface area contributed by atoms with Crippen molar-refractivity contribution in [3.8, 4) is 27.9 Å². The largest absolute Gasteiger partial charge is 0.310 e. The van der Waals surface area contributed by atoms with Crippen LogP contribution in [0.3, 0.4) is 0 Å². The fourth-order valence-corrected chi connectivity index (χ4v) is 11.8. The quantitative estimate of drug-likeness (QED) is 0.158. The number of rotatable bonds is 7. The van der Waals surface area contributed by atoms with Gasteiger partial charge in [-0.25, -0.2) is 0 Å². The average molecular weight is 866 g/mol. The number of nitrogens with zero attached hydrogens (tertiary/aromatic N) is 3. The van der Waals surface area contributed by atoms with Crippen LogP contribution in [0.1, 0.15) is 22.3 Å². The molecule has 318 valence electrons. The number of fused-ring (bicyclic) bond motifs is 14. The number of benzene rings is 11. The predicted molar refractivity (Wildman–Crippen MR) is 284 cm³/mol. The van der Waals surface area contributed by atoms with Gasteiger partial charge in [-0.2, -0.15) is 0 Å². The highest BCUT2D eigenvalue weighted by Crippen LogP contribution is 2.64. The van der Waals surface area contributed by atoms with Crippen molar-refractivity contribution in [1.29, 1.82) is 0 Å². The zero-order valence-electron chi connectivity index (χ0n) is 37.2. The molecule has 1 heterocycles. The van der Waals surface area contributed by atoms with Gasteiger partial charge < -0.3 is 14.4 Å². The van der Waals surface area contributed by atoms with Gasteiger partial charge in [0, 0.05) is 50.3 Å². The van der Waals surface area contributed by atoms with E-state index in [-0.39, 0.29) is 0 Å². The molecule has 0 radical (unpaired) electrons. The Balaban J connectivity index is 0.990. The number of hydrogen-bond acceptors (Lipinski definition) is 2. The van der Waals surface area contributed by atoms with E-state index in [1.165, 1.54) is 77.1 Å². The maximum Gasteiger partial charge on any atom is 0.0726 e. The Morgan fingerprint density at radius 3 is 1.56 bits per heavy atom. The van der Waals surface area contributed by atoms with Crippen molar-refractivity contribution in [2.75, 3.05) is 9.80 Å². The van der Waals surface area contributed by atoms with Crippen LogP contribution >= 0.6 is 0 Å². The first kappa shape index (κ1) is 38.4. The predicted octanol–water partition coefficient (Wildman–Crippen LogP) is 17.2. The van der Waals surface area contributed by atoms with E-state index in [1.807, 2.05) is 0 Å². The second kappa shape index (κ2) is 15.1. The maximum absolute atomic E-state index is 2.49. The average Bonchev–Trinajstić information content (AvgIpc) is 4.01. The zero-order valence-corrected chi connectivity index (χ0v) is 37.2. The molecule has 11 aromatic carbocycles. The van der Waals surface area contributed by atoms with Gasteiger partial charge in [-0.1, -0.05) is 176 Å². The highest BCUT2D eigenvalue weighted by atomic mass is 15.2. The SMILES string of the molecule is c1ccc(N(c2ccc3c(c2)-c2ccccc2C32c3ccccc3-c3ccc(N(c4ccccc4)c4cccc5ccccc45)cc32)c2ccc3c4ccccc4n(-c4ccccc4)c3c2)cc1. The van der Waals surface area contributed by atoms with Crippen LogP contribution in [-0.2, 0) is 5.41 Å². The standard InChI is InChI=1S/C65H43N3/c1-4-21-45(22-5-1)66(50-36-39-56-55-30-14-17-33-63(55)68(64(56)43-50)47-25-8-3-9-26-47)48-37-40-60-57(41-48)53-29-13-16-32-59(53)65(60)58-31-15-12-28-52(58)54-38-35-49(42-61(54)65)67(46-23-6-2-7-24-46)62-34-18-20-44-19-10-11-27-51(44)62/h1-43H. The minimum absolute atomic E-state index is 0.541. The van der Waals surface area contributed by atoms with Crippen LogP contribution in [0, 0.1) is 0 Å². The summed E-state index contributed by atoms with van der Waals surface area (Å²) < 4.78 is 2.41. The number of anilines is 6. The number of para-hydroxylation sites is 4. The van der Waals surface area contributed by atoms with Crippen LogP contribution < -0.4 is 9.80 Å². The molecule has 0 N–H and O–H groups in total. The van der Waals surface area contributed by atoms with E-state index in [4.69, 9.17) is 0 Å². The third kappa shape index (κ3) is 5.54. The van der Waals surface area contributed by atoms with Gasteiger partial charge in [-0.05, 0) is 135 Å². The molecule has 2 aliphatic rings. The summed E-state index contributed by atoms with van der Waals surface area (Å²) >= 11 is 0. The number of aromatic nitrogens is 1. The van der Waals surface area contributed by atoms with Gasteiger partial charge in [-0.15, -0.1) is 0 Å². The maximum atomic E-state index is 2.49. The topological polar surface area (TPSA) is 11.4 Å². The molecule has 1 atom stereocenters. The van der Waals surface area contributed by atoms with Crippen molar-refractivity contribution < 1.29 is 0 Å². The zero-order chi connectivity index (χ0) is 44.8. The lowest BCUT2D eigenvalue weighted by Crippen LogP contribution is -2.26. The summed E-state index contributed by atoms with van der Waals surface area (Å²) in [6, 6.07) is 96.1. The molecule has 1 spiro atoms. The van der Waals surface area contributed by atoms with Crippen LogP contribution in [0.15, 0.2) is 261 Å². The van der Waals surface area contributed by atoms with Crippen LogP contribution in [0.2, 0.25) is 0 Å². The van der Waals surface area contributed by atoms with Gasteiger partial charge in [0.25, 0.3) is 0 Å². The molecule has 2 aliphatic carbocycles. The molecular weight excluding hydrogens is 823 g/mol. The van der Waals surface area contributed by atoms with Crippen LogP contribution in [0.4, 0.5) is 34.1 Å². The molecule has 0 aliphatic heterocycles. The molecule has 68 heavy (non-hydrogen) atoms. The summed E-state index contributed by atoms with van der Waals surface area (Å²) in [5, 5.41) is 4.90. The Kier molecular flexibility index (Phi) is 8.50. The molecule has 12 aromatic rings. The normalized spacial score (nSPS) is 14.2. The fourth-order valence-electron chi connectivity index (χ4n) is 11.8. The summed E-state index contributed by atoms with van der Waals surface area (Å²) in [5.41, 5.74) is 20.0. The van der Waals surface area contributed by atoms with Gasteiger partial charge in [0.1, 0.15) is 0 Å². The Morgan fingerprint density at radius 2 is 0.794 bits per heavy atom. The van der Waals surface area contributed by atoms with Crippen molar-refractivity contribution in [2.24, 2.45) is 0 Å².